The number of nitro benzene ring substituents is 1. The average molecular weight is 434 g/mol. The highest BCUT2D eigenvalue weighted by Gasteiger charge is 2.20. The maximum absolute atomic E-state index is 11.7. The first kappa shape index (κ1) is 23.3. The molecule has 0 aliphatic rings. The number of nitro groups is 1. The van der Waals surface area contributed by atoms with E-state index in [2.05, 4.69) is 12.2 Å². The number of ether oxygens (including phenoxy) is 1. The van der Waals surface area contributed by atoms with Gasteiger partial charge in [0.1, 0.15) is 6.61 Å². The number of nitrogen functional groups attached to an aromatic ring is 1. The van der Waals surface area contributed by atoms with Gasteiger partial charge >= 0.3 is 5.69 Å². The number of benzene rings is 3. The van der Waals surface area contributed by atoms with Gasteiger partial charge in [0.15, 0.2) is 5.75 Å². The summed E-state index contributed by atoms with van der Waals surface area (Å²) in [7, 11) is 0. The summed E-state index contributed by atoms with van der Waals surface area (Å²) in [6.45, 7) is 3.22. The Morgan fingerprint density at radius 1 is 1.03 bits per heavy atom. The Bertz CT molecular complexity index is 991. The monoisotopic (exact) mass is 433 g/mol. The molecule has 0 aromatic heterocycles. The highest BCUT2D eigenvalue weighted by molar-refractivity contribution is 5.49. The molecule has 3 rings (SSSR count). The fraction of sp³-hybridized carbons (Fsp3) is 0.308. The molecule has 0 aliphatic carbocycles. The highest BCUT2D eigenvalue weighted by atomic mass is 16.6. The Balaban J connectivity index is 1.70. The van der Waals surface area contributed by atoms with Crippen molar-refractivity contribution in [2.45, 2.75) is 45.3 Å². The minimum absolute atomic E-state index is 0.000245. The lowest BCUT2D eigenvalue weighted by molar-refractivity contribution is -0.386. The van der Waals surface area contributed by atoms with Crippen molar-refractivity contribution in [2.24, 2.45) is 0 Å². The van der Waals surface area contributed by atoms with Crippen molar-refractivity contribution in [3.63, 3.8) is 0 Å². The van der Waals surface area contributed by atoms with Crippen LogP contribution in [0.1, 0.15) is 48.9 Å². The van der Waals surface area contributed by atoms with Gasteiger partial charge in [-0.1, -0.05) is 68.3 Å². The second kappa shape index (κ2) is 11.9. The van der Waals surface area contributed by atoms with Crippen LogP contribution in [-0.2, 0) is 13.0 Å². The average Bonchev–Trinajstić information content (AvgIpc) is 2.81. The third-order valence-electron chi connectivity index (χ3n) is 5.45. The van der Waals surface area contributed by atoms with Crippen LogP contribution in [0.25, 0.3) is 0 Å². The lowest BCUT2D eigenvalue weighted by Gasteiger charge is -2.20. The van der Waals surface area contributed by atoms with Crippen LogP contribution in [0.4, 0.5) is 11.4 Å². The predicted molar refractivity (Wildman–Crippen MR) is 129 cm³/mol. The Hall–Kier alpha value is -3.38. The van der Waals surface area contributed by atoms with Crippen molar-refractivity contribution in [3.8, 4) is 5.75 Å². The predicted octanol–water partition coefficient (Wildman–Crippen LogP) is 5.82. The minimum Gasteiger partial charge on any atom is -0.482 e. The van der Waals surface area contributed by atoms with Crippen LogP contribution >= 0.6 is 0 Å². The van der Waals surface area contributed by atoms with Crippen LogP contribution in [0, 0.1) is 10.1 Å². The Kier molecular flexibility index (Phi) is 8.63. The van der Waals surface area contributed by atoms with Crippen molar-refractivity contribution >= 4 is 11.4 Å². The lowest BCUT2D eigenvalue weighted by atomic mass is 9.99. The fourth-order valence-electron chi connectivity index (χ4n) is 3.62. The molecular formula is C26H31N3O3. The standard InChI is InChI=1S/C26H31N3O3/c1-2-3-9-24(28-17-16-20-10-13-23(27)14-11-20)22-12-15-26(25(18-22)29(30)31)32-19-21-7-5-4-6-8-21/h4-8,10-15,18,24,28H,2-3,9,16-17,19,27H2,1H3. The molecule has 0 bridgehead atoms. The number of anilines is 1. The number of nitrogens with two attached hydrogens (primary N) is 1. The van der Waals surface area contributed by atoms with Gasteiger partial charge in [-0.3, -0.25) is 10.1 Å². The molecule has 0 amide bonds. The summed E-state index contributed by atoms with van der Waals surface area (Å²) in [6, 6.07) is 22.9. The summed E-state index contributed by atoms with van der Waals surface area (Å²) >= 11 is 0. The molecule has 3 aromatic carbocycles. The topological polar surface area (TPSA) is 90.4 Å². The second-order valence-electron chi connectivity index (χ2n) is 7.90. The van der Waals surface area contributed by atoms with E-state index in [4.69, 9.17) is 10.5 Å². The number of nitrogens with one attached hydrogen (secondary N) is 1. The van der Waals surface area contributed by atoms with Crippen molar-refractivity contribution in [3.05, 3.63) is 99.6 Å². The number of rotatable bonds is 12. The molecule has 0 heterocycles. The molecular weight excluding hydrogens is 402 g/mol. The van der Waals surface area contributed by atoms with E-state index in [1.54, 1.807) is 12.1 Å². The number of nitrogens with zero attached hydrogens (tertiary/aromatic N) is 1. The van der Waals surface area contributed by atoms with Crippen LogP contribution in [0.3, 0.4) is 0 Å². The zero-order chi connectivity index (χ0) is 22.8. The van der Waals surface area contributed by atoms with E-state index in [-0.39, 0.29) is 16.7 Å². The van der Waals surface area contributed by atoms with Gasteiger partial charge in [-0.25, -0.2) is 0 Å². The van der Waals surface area contributed by atoms with Crippen LogP contribution in [0.15, 0.2) is 72.8 Å². The maximum atomic E-state index is 11.7. The van der Waals surface area contributed by atoms with Crippen molar-refractivity contribution in [1.29, 1.82) is 0 Å². The van der Waals surface area contributed by atoms with Gasteiger partial charge in [0.2, 0.25) is 0 Å². The van der Waals surface area contributed by atoms with Crippen molar-refractivity contribution < 1.29 is 9.66 Å². The van der Waals surface area contributed by atoms with Crippen LogP contribution in [0.2, 0.25) is 0 Å². The van der Waals surface area contributed by atoms with Gasteiger partial charge < -0.3 is 15.8 Å². The first-order valence-corrected chi connectivity index (χ1v) is 11.1. The summed E-state index contributed by atoms with van der Waals surface area (Å²) in [4.78, 5) is 11.4. The van der Waals surface area contributed by atoms with Gasteiger partial charge in [0, 0.05) is 17.8 Å². The molecule has 1 unspecified atom stereocenters. The van der Waals surface area contributed by atoms with Gasteiger partial charge in [-0.05, 0) is 54.3 Å². The molecule has 0 saturated carbocycles. The molecule has 0 radical (unpaired) electrons. The smallest absolute Gasteiger partial charge is 0.311 e. The highest BCUT2D eigenvalue weighted by Crippen LogP contribution is 2.32. The Morgan fingerprint density at radius 3 is 2.47 bits per heavy atom. The number of hydrogen-bond acceptors (Lipinski definition) is 5. The fourth-order valence-corrected chi connectivity index (χ4v) is 3.62. The zero-order valence-corrected chi connectivity index (χ0v) is 18.5. The summed E-state index contributed by atoms with van der Waals surface area (Å²) < 4.78 is 5.78. The van der Waals surface area contributed by atoms with Crippen LogP contribution < -0.4 is 15.8 Å². The summed E-state index contributed by atoms with van der Waals surface area (Å²) in [6.07, 6.45) is 3.89. The molecule has 1 atom stereocenters. The van der Waals surface area contributed by atoms with E-state index in [0.717, 1.165) is 49.0 Å². The molecule has 3 aromatic rings. The minimum atomic E-state index is -0.366. The third kappa shape index (κ3) is 6.82. The number of unbranched alkanes of at least 4 members (excludes halogenated alkanes) is 1. The Morgan fingerprint density at radius 2 is 1.78 bits per heavy atom. The summed E-state index contributed by atoms with van der Waals surface area (Å²) in [5.41, 5.74) is 9.60. The first-order chi connectivity index (χ1) is 15.6. The third-order valence-corrected chi connectivity index (χ3v) is 5.45. The zero-order valence-electron chi connectivity index (χ0n) is 18.5. The largest absolute Gasteiger partial charge is 0.482 e. The van der Waals surface area contributed by atoms with E-state index in [1.807, 2.05) is 60.7 Å². The quantitative estimate of drug-likeness (QED) is 0.213. The van der Waals surface area contributed by atoms with E-state index in [1.165, 1.54) is 5.56 Å². The molecule has 168 valence electrons. The van der Waals surface area contributed by atoms with Gasteiger partial charge in [0.25, 0.3) is 0 Å². The van der Waals surface area contributed by atoms with Crippen molar-refractivity contribution in [2.75, 3.05) is 12.3 Å². The van der Waals surface area contributed by atoms with Gasteiger partial charge in [-0.2, -0.15) is 0 Å². The summed E-state index contributed by atoms with van der Waals surface area (Å²) in [5.74, 6) is 0.290. The van der Waals surface area contributed by atoms with Gasteiger partial charge in [-0.15, -0.1) is 0 Å². The van der Waals surface area contributed by atoms with E-state index in [0.29, 0.717) is 12.4 Å². The maximum Gasteiger partial charge on any atom is 0.311 e. The first-order valence-electron chi connectivity index (χ1n) is 11.1. The van der Waals surface area contributed by atoms with Crippen LogP contribution in [-0.4, -0.2) is 11.5 Å². The normalized spacial score (nSPS) is 11.8. The molecule has 0 aliphatic heterocycles. The van der Waals surface area contributed by atoms with Crippen LogP contribution in [0.5, 0.6) is 5.75 Å². The van der Waals surface area contributed by atoms with Crippen molar-refractivity contribution in [1.82, 2.24) is 5.32 Å². The molecule has 32 heavy (non-hydrogen) atoms. The lowest BCUT2D eigenvalue weighted by Crippen LogP contribution is -2.24. The molecule has 3 N–H and O–H groups in total. The SMILES string of the molecule is CCCCC(NCCc1ccc(N)cc1)c1ccc(OCc2ccccc2)c([N+](=O)[O-])c1. The van der Waals surface area contributed by atoms with E-state index >= 15 is 0 Å². The molecule has 6 nitrogen and oxygen atoms in total. The molecule has 0 saturated heterocycles. The summed E-state index contributed by atoms with van der Waals surface area (Å²) in [5, 5.41) is 15.3. The second-order valence-corrected chi connectivity index (χ2v) is 7.90. The molecule has 6 heteroatoms. The van der Waals surface area contributed by atoms with E-state index < -0.39 is 0 Å². The Labute approximate surface area is 189 Å². The number of hydrogen-bond donors (Lipinski definition) is 2. The molecule has 0 fully saturated rings. The van der Waals surface area contributed by atoms with Gasteiger partial charge in [0.05, 0.1) is 4.92 Å². The van der Waals surface area contributed by atoms with E-state index in [9.17, 15) is 10.1 Å². The molecule has 0 spiro atoms.